The summed E-state index contributed by atoms with van der Waals surface area (Å²) in [6.45, 7) is 7.37. The topological polar surface area (TPSA) is 99.9 Å². The standard InChI is InChI=1S/C15H22N2O5/c1-5-20-14(18)10(4)22-13-8-11(16)12(7-9(13)3)17-15(19)21-6-2/h7-8,10H,5-6,16H2,1-4H3,(H,17,19). The van der Waals surface area contributed by atoms with E-state index in [1.54, 1.807) is 39.8 Å². The van der Waals surface area contributed by atoms with E-state index >= 15 is 0 Å². The Hall–Kier alpha value is -2.44. The van der Waals surface area contributed by atoms with Crippen LogP contribution in [-0.2, 0) is 14.3 Å². The van der Waals surface area contributed by atoms with Crippen molar-refractivity contribution in [3.05, 3.63) is 17.7 Å². The molecule has 1 atom stereocenters. The van der Waals surface area contributed by atoms with Crippen LogP contribution in [0.15, 0.2) is 12.1 Å². The monoisotopic (exact) mass is 310 g/mol. The molecule has 0 heterocycles. The molecule has 0 saturated heterocycles. The smallest absolute Gasteiger partial charge is 0.411 e. The van der Waals surface area contributed by atoms with Crippen LogP contribution in [0, 0.1) is 6.92 Å². The number of anilines is 2. The van der Waals surface area contributed by atoms with Gasteiger partial charge in [-0.05, 0) is 39.3 Å². The van der Waals surface area contributed by atoms with Crippen molar-refractivity contribution in [3.8, 4) is 5.75 Å². The number of rotatable bonds is 6. The zero-order valence-electron chi connectivity index (χ0n) is 13.3. The molecule has 0 aliphatic heterocycles. The van der Waals surface area contributed by atoms with Crippen molar-refractivity contribution in [1.29, 1.82) is 0 Å². The van der Waals surface area contributed by atoms with Gasteiger partial charge in [-0.2, -0.15) is 0 Å². The lowest BCUT2D eigenvalue weighted by atomic mass is 10.1. The molecular formula is C15H22N2O5. The van der Waals surface area contributed by atoms with E-state index in [1.165, 1.54) is 0 Å². The second kappa shape index (κ2) is 8.11. The number of hydrogen-bond acceptors (Lipinski definition) is 6. The highest BCUT2D eigenvalue weighted by Gasteiger charge is 2.18. The molecule has 7 heteroatoms. The van der Waals surface area contributed by atoms with E-state index in [9.17, 15) is 9.59 Å². The molecule has 122 valence electrons. The summed E-state index contributed by atoms with van der Waals surface area (Å²) in [7, 11) is 0. The number of carbonyl (C=O) groups excluding carboxylic acids is 2. The number of nitrogens with two attached hydrogens (primary N) is 1. The van der Waals surface area contributed by atoms with Crippen molar-refractivity contribution < 1.29 is 23.8 Å². The summed E-state index contributed by atoms with van der Waals surface area (Å²) in [5, 5.41) is 2.54. The van der Waals surface area contributed by atoms with Gasteiger partial charge in [-0.3, -0.25) is 5.32 Å². The van der Waals surface area contributed by atoms with Crippen LogP contribution in [0.2, 0.25) is 0 Å². The SMILES string of the molecule is CCOC(=O)Nc1cc(C)c(OC(C)C(=O)OCC)cc1N. The van der Waals surface area contributed by atoms with Gasteiger partial charge in [-0.15, -0.1) is 0 Å². The quantitative estimate of drug-likeness (QED) is 0.618. The zero-order chi connectivity index (χ0) is 16.7. The van der Waals surface area contributed by atoms with Crippen molar-refractivity contribution in [1.82, 2.24) is 0 Å². The van der Waals surface area contributed by atoms with Crippen molar-refractivity contribution in [2.45, 2.75) is 33.8 Å². The largest absolute Gasteiger partial charge is 0.479 e. The predicted molar refractivity (Wildman–Crippen MR) is 83.0 cm³/mol. The van der Waals surface area contributed by atoms with Gasteiger partial charge in [0.05, 0.1) is 24.6 Å². The van der Waals surface area contributed by atoms with E-state index in [0.717, 1.165) is 5.56 Å². The Morgan fingerprint density at radius 3 is 2.45 bits per heavy atom. The molecule has 3 N–H and O–H groups in total. The van der Waals surface area contributed by atoms with Crippen LogP contribution in [0.1, 0.15) is 26.3 Å². The Morgan fingerprint density at radius 1 is 1.23 bits per heavy atom. The number of nitrogens with one attached hydrogen (secondary N) is 1. The van der Waals surface area contributed by atoms with E-state index in [-0.39, 0.29) is 13.2 Å². The summed E-state index contributed by atoms with van der Waals surface area (Å²) in [6, 6.07) is 3.20. The number of hydrogen-bond donors (Lipinski definition) is 2. The molecule has 22 heavy (non-hydrogen) atoms. The molecule has 0 aromatic heterocycles. The fourth-order valence-corrected chi connectivity index (χ4v) is 1.71. The Labute approximate surface area is 129 Å². The van der Waals surface area contributed by atoms with Gasteiger partial charge in [0.2, 0.25) is 0 Å². The molecule has 1 rings (SSSR count). The molecule has 1 amide bonds. The number of aryl methyl sites for hydroxylation is 1. The highest BCUT2D eigenvalue weighted by Crippen LogP contribution is 2.29. The first-order valence-electron chi connectivity index (χ1n) is 7.06. The maximum absolute atomic E-state index is 11.6. The third kappa shape index (κ3) is 4.83. The van der Waals surface area contributed by atoms with Crippen LogP contribution in [-0.4, -0.2) is 31.4 Å². The molecule has 0 aliphatic rings. The molecule has 0 radical (unpaired) electrons. The van der Waals surface area contributed by atoms with Gasteiger partial charge in [0.25, 0.3) is 0 Å². The van der Waals surface area contributed by atoms with Crippen molar-refractivity contribution in [2.75, 3.05) is 24.3 Å². The first-order valence-corrected chi connectivity index (χ1v) is 7.06. The minimum atomic E-state index is -0.748. The number of esters is 1. The summed E-state index contributed by atoms with van der Waals surface area (Å²) in [5.74, 6) is 0.00154. The number of ether oxygens (including phenoxy) is 3. The van der Waals surface area contributed by atoms with Crippen LogP contribution in [0.4, 0.5) is 16.2 Å². The maximum Gasteiger partial charge on any atom is 0.411 e. The molecule has 0 spiro atoms. The molecular weight excluding hydrogens is 288 g/mol. The summed E-state index contributed by atoms with van der Waals surface area (Å²) >= 11 is 0. The molecule has 1 aromatic carbocycles. The minimum absolute atomic E-state index is 0.267. The second-order valence-corrected chi connectivity index (χ2v) is 4.56. The van der Waals surface area contributed by atoms with Crippen LogP contribution >= 0.6 is 0 Å². The van der Waals surface area contributed by atoms with Crippen LogP contribution in [0.3, 0.4) is 0 Å². The van der Waals surface area contributed by atoms with Gasteiger partial charge in [-0.1, -0.05) is 0 Å². The molecule has 1 aromatic rings. The van der Waals surface area contributed by atoms with Gasteiger partial charge in [0, 0.05) is 6.07 Å². The fraction of sp³-hybridized carbons (Fsp3) is 0.467. The van der Waals surface area contributed by atoms with Gasteiger partial charge in [-0.25, -0.2) is 9.59 Å². The number of benzene rings is 1. The maximum atomic E-state index is 11.6. The van der Waals surface area contributed by atoms with E-state index in [1.807, 2.05) is 0 Å². The average molecular weight is 310 g/mol. The molecule has 0 aliphatic carbocycles. The Bertz CT molecular complexity index is 545. The normalized spacial score (nSPS) is 11.5. The fourth-order valence-electron chi connectivity index (χ4n) is 1.71. The summed E-state index contributed by atoms with van der Waals surface area (Å²) in [6.07, 6.45) is -1.33. The lowest BCUT2D eigenvalue weighted by Crippen LogP contribution is -2.26. The van der Waals surface area contributed by atoms with Gasteiger partial charge >= 0.3 is 12.1 Å². The summed E-state index contributed by atoms with van der Waals surface area (Å²) < 4.78 is 15.2. The van der Waals surface area contributed by atoms with E-state index in [0.29, 0.717) is 17.1 Å². The molecule has 0 bridgehead atoms. The lowest BCUT2D eigenvalue weighted by molar-refractivity contribution is -0.150. The highest BCUT2D eigenvalue weighted by molar-refractivity contribution is 5.89. The van der Waals surface area contributed by atoms with Gasteiger partial charge < -0.3 is 19.9 Å². The van der Waals surface area contributed by atoms with E-state index in [4.69, 9.17) is 19.9 Å². The molecule has 0 saturated carbocycles. The second-order valence-electron chi connectivity index (χ2n) is 4.56. The van der Waals surface area contributed by atoms with Crippen LogP contribution in [0.5, 0.6) is 5.75 Å². The summed E-state index contributed by atoms with van der Waals surface area (Å²) in [4.78, 5) is 23.0. The number of amides is 1. The van der Waals surface area contributed by atoms with Crippen molar-refractivity contribution in [3.63, 3.8) is 0 Å². The first-order chi connectivity index (χ1) is 10.4. The molecule has 0 fully saturated rings. The highest BCUT2D eigenvalue weighted by atomic mass is 16.6. The Balaban J connectivity index is 2.85. The van der Waals surface area contributed by atoms with Gasteiger partial charge in [0.1, 0.15) is 5.75 Å². The third-order valence-electron chi connectivity index (χ3n) is 2.78. The van der Waals surface area contributed by atoms with E-state index < -0.39 is 18.2 Å². The Morgan fingerprint density at radius 2 is 1.86 bits per heavy atom. The van der Waals surface area contributed by atoms with Crippen molar-refractivity contribution in [2.24, 2.45) is 0 Å². The average Bonchev–Trinajstić information content (AvgIpc) is 2.44. The molecule has 1 unspecified atom stereocenters. The number of nitrogen functional groups attached to an aromatic ring is 1. The first kappa shape index (κ1) is 17.6. The van der Waals surface area contributed by atoms with E-state index in [2.05, 4.69) is 5.32 Å². The Kier molecular flexibility index (Phi) is 6.49. The van der Waals surface area contributed by atoms with Crippen LogP contribution < -0.4 is 15.8 Å². The summed E-state index contributed by atoms with van der Waals surface area (Å²) in [5.41, 5.74) is 7.33. The van der Waals surface area contributed by atoms with Crippen LogP contribution in [0.25, 0.3) is 0 Å². The predicted octanol–water partition coefficient (Wildman–Crippen LogP) is 2.48. The minimum Gasteiger partial charge on any atom is -0.479 e. The lowest BCUT2D eigenvalue weighted by Gasteiger charge is -2.17. The zero-order valence-corrected chi connectivity index (χ0v) is 13.3. The third-order valence-corrected chi connectivity index (χ3v) is 2.78. The molecule has 7 nitrogen and oxygen atoms in total. The number of carbonyl (C=O) groups is 2. The van der Waals surface area contributed by atoms with Crippen molar-refractivity contribution >= 4 is 23.4 Å². The van der Waals surface area contributed by atoms with Gasteiger partial charge in [0.15, 0.2) is 6.10 Å².